The zero-order valence-electron chi connectivity index (χ0n) is 9.48. The highest BCUT2D eigenvalue weighted by atomic mass is 35.5. The molecule has 0 fully saturated rings. The van der Waals surface area contributed by atoms with Gasteiger partial charge < -0.3 is 4.74 Å². The lowest BCUT2D eigenvalue weighted by Gasteiger charge is -2.32. The van der Waals surface area contributed by atoms with Crippen molar-refractivity contribution >= 4 is 11.6 Å². The number of hydrogen-bond donors (Lipinski definition) is 0. The maximum absolute atomic E-state index is 6.18. The molecule has 0 aliphatic heterocycles. The van der Waals surface area contributed by atoms with Gasteiger partial charge in [0.15, 0.2) is 0 Å². The average Bonchev–Trinajstić information content (AvgIpc) is 2.00. The molecule has 0 spiro atoms. The van der Waals surface area contributed by atoms with E-state index >= 15 is 0 Å². The van der Waals surface area contributed by atoms with E-state index in [0.717, 1.165) is 32.5 Å². The third-order valence-electron chi connectivity index (χ3n) is 2.51. The van der Waals surface area contributed by atoms with Crippen LogP contribution in [0.15, 0.2) is 11.6 Å². The number of hydrogen-bond acceptors (Lipinski definition) is 1. The van der Waals surface area contributed by atoms with Gasteiger partial charge in [-0.15, -0.1) is 11.6 Å². The second kappa shape index (κ2) is 5.18. The van der Waals surface area contributed by atoms with Gasteiger partial charge in [-0.1, -0.05) is 26.8 Å². The van der Waals surface area contributed by atoms with Gasteiger partial charge >= 0.3 is 0 Å². The molecule has 82 valence electrons. The third kappa shape index (κ3) is 4.02. The van der Waals surface area contributed by atoms with Crippen LogP contribution in [-0.2, 0) is 4.74 Å². The predicted molar refractivity (Wildman–Crippen MR) is 61.8 cm³/mol. The number of ether oxygens (including phenoxy) is 1. The Morgan fingerprint density at radius 2 is 2.29 bits per heavy atom. The highest BCUT2D eigenvalue weighted by Crippen LogP contribution is 2.37. The summed E-state index contributed by atoms with van der Waals surface area (Å²) in [5.74, 6) is 0. The summed E-state index contributed by atoms with van der Waals surface area (Å²) >= 11 is 6.18. The summed E-state index contributed by atoms with van der Waals surface area (Å²) in [6, 6.07) is 0. The summed E-state index contributed by atoms with van der Waals surface area (Å²) in [6.07, 6.45) is 5.45. The molecule has 1 nitrogen and oxygen atoms in total. The molecular formula is C12H21ClO. The van der Waals surface area contributed by atoms with Crippen LogP contribution in [0.4, 0.5) is 0 Å². The molecule has 2 heteroatoms. The molecule has 1 aliphatic carbocycles. The molecule has 1 atom stereocenters. The van der Waals surface area contributed by atoms with Gasteiger partial charge in [0.1, 0.15) is 0 Å². The van der Waals surface area contributed by atoms with E-state index in [-0.39, 0.29) is 5.38 Å². The normalized spacial score (nSPS) is 26.0. The van der Waals surface area contributed by atoms with Crippen LogP contribution in [0.25, 0.3) is 0 Å². The lowest BCUT2D eigenvalue weighted by molar-refractivity contribution is 0.147. The Balaban J connectivity index is 2.43. The number of allylic oxidation sites excluding steroid dienone is 1. The Kier molecular flexibility index (Phi) is 4.46. The first-order valence-corrected chi connectivity index (χ1v) is 5.88. The Morgan fingerprint density at radius 3 is 2.86 bits per heavy atom. The summed E-state index contributed by atoms with van der Waals surface area (Å²) in [5.41, 5.74) is 1.71. The molecular weight excluding hydrogens is 196 g/mol. The van der Waals surface area contributed by atoms with Gasteiger partial charge in [0.25, 0.3) is 0 Å². The van der Waals surface area contributed by atoms with E-state index in [2.05, 4.69) is 26.8 Å². The van der Waals surface area contributed by atoms with E-state index in [1.807, 2.05) is 0 Å². The van der Waals surface area contributed by atoms with Crippen molar-refractivity contribution in [2.24, 2.45) is 5.41 Å². The van der Waals surface area contributed by atoms with E-state index in [4.69, 9.17) is 16.3 Å². The maximum atomic E-state index is 6.18. The lowest BCUT2D eigenvalue weighted by Crippen LogP contribution is -2.23. The quantitative estimate of drug-likeness (QED) is 0.395. The molecule has 0 saturated heterocycles. The summed E-state index contributed by atoms with van der Waals surface area (Å²) in [5, 5.41) is 0.193. The molecule has 1 unspecified atom stereocenters. The minimum absolute atomic E-state index is 0.193. The Hall–Kier alpha value is -0.0100. The molecule has 0 amide bonds. The van der Waals surface area contributed by atoms with Crippen molar-refractivity contribution in [2.45, 2.75) is 45.4 Å². The van der Waals surface area contributed by atoms with Gasteiger partial charge in [-0.25, -0.2) is 0 Å². The number of halogens is 1. The SMILES string of the molecule is CCCOCC1=CC(Cl)CC(C)(C)C1. The van der Waals surface area contributed by atoms with Gasteiger partial charge in [-0.3, -0.25) is 0 Å². The Labute approximate surface area is 92.5 Å². The van der Waals surface area contributed by atoms with Gasteiger partial charge in [-0.05, 0) is 30.3 Å². The second-order valence-electron chi connectivity index (χ2n) is 4.94. The van der Waals surface area contributed by atoms with E-state index < -0.39 is 0 Å². The van der Waals surface area contributed by atoms with Crippen molar-refractivity contribution in [2.75, 3.05) is 13.2 Å². The monoisotopic (exact) mass is 216 g/mol. The first kappa shape index (κ1) is 12.1. The van der Waals surface area contributed by atoms with Crippen LogP contribution in [0, 0.1) is 5.41 Å². The second-order valence-corrected chi connectivity index (χ2v) is 5.50. The number of alkyl halides is 1. The van der Waals surface area contributed by atoms with E-state index in [0.29, 0.717) is 5.41 Å². The fourth-order valence-corrected chi connectivity index (χ4v) is 2.63. The molecule has 14 heavy (non-hydrogen) atoms. The topological polar surface area (TPSA) is 9.23 Å². The smallest absolute Gasteiger partial charge is 0.0677 e. The zero-order chi connectivity index (χ0) is 10.6. The molecule has 0 radical (unpaired) electrons. The fourth-order valence-electron chi connectivity index (χ4n) is 2.04. The van der Waals surface area contributed by atoms with Crippen molar-refractivity contribution in [3.8, 4) is 0 Å². The largest absolute Gasteiger partial charge is 0.377 e. The standard InChI is InChI=1S/C12H21ClO/c1-4-5-14-9-10-6-11(13)8-12(2,3)7-10/h6,11H,4-5,7-9H2,1-3H3. The van der Waals surface area contributed by atoms with Crippen molar-refractivity contribution in [1.29, 1.82) is 0 Å². The van der Waals surface area contributed by atoms with Gasteiger partial charge in [0, 0.05) is 6.61 Å². The molecule has 0 aromatic rings. The molecule has 0 aromatic heterocycles. The van der Waals surface area contributed by atoms with E-state index in [1.54, 1.807) is 0 Å². The molecule has 0 N–H and O–H groups in total. The van der Waals surface area contributed by atoms with Crippen LogP contribution < -0.4 is 0 Å². The first-order valence-electron chi connectivity index (χ1n) is 5.45. The molecule has 0 saturated carbocycles. The van der Waals surface area contributed by atoms with Crippen LogP contribution in [0.3, 0.4) is 0 Å². The lowest BCUT2D eigenvalue weighted by atomic mass is 9.77. The van der Waals surface area contributed by atoms with Crippen LogP contribution in [0.5, 0.6) is 0 Å². The average molecular weight is 217 g/mol. The summed E-state index contributed by atoms with van der Waals surface area (Å²) in [7, 11) is 0. The van der Waals surface area contributed by atoms with Crippen LogP contribution >= 0.6 is 11.6 Å². The Bertz CT molecular complexity index is 208. The van der Waals surface area contributed by atoms with Crippen LogP contribution in [-0.4, -0.2) is 18.6 Å². The van der Waals surface area contributed by atoms with Crippen molar-refractivity contribution < 1.29 is 4.74 Å². The zero-order valence-corrected chi connectivity index (χ0v) is 10.2. The van der Waals surface area contributed by atoms with Crippen LogP contribution in [0.1, 0.15) is 40.0 Å². The summed E-state index contributed by atoms with van der Waals surface area (Å²) in [6.45, 7) is 8.29. The minimum Gasteiger partial charge on any atom is -0.377 e. The molecule has 0 heterocycles. The highest BCUT2D eigenvalue weighted by Gasteiger charge is 2.27. The number of rotatable bonds is 4. The van der Waals surface area contributed by atoms with Gasteiger partial charge in [0.2, 0.25) is 0 Å². The van der Waals surface area contributed by atoms with Gasteiger partial charge in [0.05, 0.1) is 12.0 Å². The summed E-state index contributed by atoms with van der Waals surface area (Å²) < 4.78 is 5.54. The van der Waals surface area contributed by atoms with E-state index in [1.165, 1.54) is 5.57 Å². The van der Waals surface area contributed by atoms with Gasteiger partial charge in [-0.2, -0.15) is 0 Å². The predicted octanol–water partition coefficient (Wildman–Crippen LogP) is 3.77. The van der Waals surface area contributed by atoms with Crippen LogP contribution in [0.2, 0.25) is 0 Å². The molecule has 0 aromatic carbocycles. The minimum atomic E-state index is 0.193. The van der Waals surface area contributed by atoms with E-state index in [9.17, 15) is 0 Å². The van der Waals surface area contributed by atoms with Crippen molar-refractivity contribution in [1.82, 2.24) is 0 Å². The molecule has 1 aliphatic rings. The highest BCUT2D eigenvalue weighted by molar-refractivity contribution is 6.21. The molecule has 1 rings (SSSR count). The van der Waals surface area contributed by atoms with Crippen molar-refractivity contribution in [3.63, 3.8) is 0 Å². The Morgan fingerprint density at radius 1 is 1.57 bits per heavy atom. The maximum Gasteiger partial charge on any atom is 0.0677 e. The molecule has 0 bridgehead atoms. The van der Waals surface area contributed by atoms with Crippen molar-refractivity contribution in [3.05, 3.63) is 11.6 Å². The third-order valence-corrected chi connectivity index (χ3v) is 2.79. The first-order chi connectivity index (χ1) is 6.53. The summed E-state index contributed by atoms with van der Waals surface area (Å²) in [4.78, 5) is 0. The fraction of sp³-hybridized carbons (Fsp3) is 0.833.